The first-order chi connectivity index (χ1) is 14.8. The van der Waals surface area contributed by atoms with Gasteiger partial charge in [0.05, 0.1) is 10.6 Å². The van der Waals surface area contributed by atoms with Crippen molar-refractivity contribution in [1.29, 1.82) is 0 Å². The predicted molar refractivity (Wildman–Crippen MR) is 120 cm³/mol. The number of sulfonamides is 1. The van der Waals surface area contributed by atoms with Crippen molar-refractivity contribution in [2.45, 2.75) is 16.6 Å². The highest BCUT2D eigenvalue weighted by molar-refractivity contribution is 7.99. The zero-order valence-electron chi connectivity index (χ0n) is 17.1. The molecule has 1 N–H and O–H groups in total. The Labute approximate surface area is 185 Å². The molecule has 0 aliphatic heterocycles. The van der Waals surface area contributed by atoms with Gasteiger partial charge in [-0.15, -0.1) is 16.8 Å². The van der Waals surface area contributed by atoms with Crippen LogP contribution in [-0.2, 0) is 21.4 Å². The maximum absolute atomic E-state index is 12.4. The van der Waals surface area contributed by atoms with Crippen LogP contribution in [0.1, 0.15) is 0 Å². The first kappa shape index (κ1) is 22.7. The highest BCUT2D eigenvalue weighted by Crippen LogP contribution is 2.24. The van der Waals surface area contributed by atoms with E-state index in [1.165, 1.54) is 38.0 Å². The molecule has 2 aromatic heterocycles. The van der Waals surface area contributed by atoms with Crippen molar-refractivity contribution in [3.63, 3.8) is 0 Å². The summed E-state index contributed by atoms with van der Waals surface area (Å²) >= 11 is 1.25. The summed E-state index contributed by atoms with van der Waals surface area (Å²) in [5.74, 6) is 0.540. The number of anilines is 1. The maximum Gasteiger partial charge on any atom is 0.242 e. The molecule has 1 aromatic carbocycles. The smallest absolute Gasteiger partial charge is 0.242 e. The van der Waals surface area contributed by atoms with Gasteiger partial charge in [-0.1, -0.05) is 17.8 Å². The van der Waals surface area contributed by atoms with Gasteiger partial charge in [-0.2, -0.15) is 0 Å². The molecule has 162 valence electrons. The molecule has 9 nitrogen and oxygen atoms in total. The zero-order valence-corrected chi connectivity index (χ0v) is 18.7. The number of aromatic nitrogens is 4. The molecule has 31 heavy (non-hydrogen) atoms. The lowest BCUT2D eigenvalue weighted by atomic mass is 10.2. The number of hydrogen-bond acceptors (Lipinski definition) is 7. The van der Waals surface area contributed by atoms with Crippen LogP contribution in [0.2, 0.25) is 0 Å². The van der Waals surface area contributed by atoms with Gasteiger partial charge in [0.2, 0.25) is 15.9 Å². The predicted octanol–water partition coefficient (Wildman–Crippen LogP) is 2.51. The van der Waals surface area contributed by atoms with Crippen LogP contribution in [0.5, 0.6) is 0 Å². The van der Waals surface area contributed by atoms with Crippen LogP contribution in [0, 0.1) is 0 Å². The topological polar surface area (TPSA) is 110 Å². The second-order valence-corrected chi connectivity index (χ2v) is 9.68. The van der Waals surface area contributed by atoms with Gasteiger partial charge in [0.25, 0.3) is 0 Å². The molecule has 3 rings (SSSR count). The monoisotopic (exact) mass is 458 g/mol. The van der Waals surface area contributed by atoms with Gasteiger partial charge in [0.15, 0.2) is 11.0 Å². The third-order valence-corrected chi connectivity index (χ3v) is 7.01. The van der Waals surface area contributed by atoms with Crippen molar-refractivity contribution in [3.8, 4) is 11.4 Å². The summed E-state index contributed by atoms with van der Waals surface area (Å²) in [6, 6.07) is 9.71. The van der Waals surface area contributed by atoms with Crippen molar-refractivity contribution < 1.29 is 13.2 Å². The number of nitrogens with zero attached hydrogens (tertiary/aromatic N) is 5. The Balaban J connectivity index is 1.66. The molecule has 0 aliphatic carbocycles. The van der Waals surface area contributed by atoms with Gasteiger partial charge >= 0.3 is 0 Å². The lowest BCUT2D eigenvalue weighted by Gasteiger charge is -2.12. The Morgan fingerprint density at radius 2 is 1.84 bits per heavy atom. The van der Waals surface area contributed by atoms with Gasteiger partial charge in [-0.05, 0) is 36.4 Å². The van der Waals surface area contributed by atoms with Crippen LogP contribution in [-0.4, -0.2) is 58.2 Å². The Hall–Kier alpha value is -3.02. The lowest BCUT2D eigenvalue weighted by Crippen LogP contribution is -2.22. The van der Waals surface area contributed by atoms with Gasteiger partial charge < -0.3 is 5.32 Å². The number of nitrogens with one attached hydrogen (secondary N) is 1. The summed E-state index contributed by atoms with van der Waals surface area (Å²) in [5, 5.41) is 11.8. The molecule has 11 heteroatoms. The Morgan fingerprint density at radius 3 is 2.45 bits per heavy atom. The molecule has 0 bridgehead atoms. The largest absolute Gasteiger partial charge is 0.325 e. The Kier molecular flexibility index (Phi) is 7.21. The highest BCUT2D eigenvalue weighted by Gasteiger charge is 2.17. The quantitative estimate of drug-likeness (QED) is 0.387. The van der Waals surface area contributed by atoms with Crippen LogP contribution in [0.25, 0.3) is 11.4 Å². The van der Waals surface area contributed by atoms with E-state index >= 15 is 0 Å². The summed E-state index contributed by atoms with van der Waals surface area (Å²) in [7, 11) is -0.581. The van der Waals surface area contributed by atoms with Crippen molar-refractivity contribution in [2.24, 2.45) is 0 Å². The van der Waals surface area contributed by atoms with E-state index in [1.807, 2.05) is 16.7 Å². The summed E-state index contributed by atoms with van der Waals surface area (Å²) < 4.78 is 27.3. The molecule has 0 fully saturated rings. The van der Waals surface area contributed by atoms with E-state index in [0.717, 1.165) is 9.87 Å². The highest BCUT2D eigenvalue weighted by atomic mass is 32.2. The molecule has 0 unspecified atom stereocenters. The van der Waals surface area contributed by atoms with Crippen molar-refractivity contribution in [3.05, 3.63) is 61.4 Å². The average molecular weight is 459 g/mol. The van der Waals surface area contributed by atoms with E-state index in [1.54, 1.807) is 30.6 Å². The van der Waals surface area contributed by atoms with Gasteiger partial charge in [-0.25, -0.2) is 12.7 Å². The number of benzene rings is 1. The normalized spacial score (nSPS) is 11.5. The molecule has 0 saturated carbocycles. The minimum absolute atomic E-state index is 0.114. The number of hydrogen-bond donors (Lipinski definition) is 1. The van der Waals surface area contributed by atoms with Crippen LogP contribution >= 0.6 is 11.8 Å². The van der Waals surface area contributed by atoms with E-state index in [9.17, 15) is 13.2 Å². The van der Waals surface area contributed by atoms with E-state index < -0.39 is 10.0 Å². The molecule has 2 heterocycles. The fourth-order valence-corrected chi connectivity index (χ4v) is 4.30. The second kappa shape index (κ2) is 9.86. The van der Waals surface area contributed by atoms with Crippen molar-refractivity contribution in [1.82, 2.24) is 24.1 Å². The number of rotatable bonds is 9. The van der Waals surface area contributed by atoms with Crippen molar-refractivity contribution >= 4 is 33.4 Å². The molecule has 0 radical (unpaired) electrons. The molecule has 0 spiro atoms. The van der Waals surface area contributed by atoms with Gasteiger partial charge in [-0.3, -0.25) is 14.3 Å². The molecular weight excluding hydrogens is 436 g/mol. The maximum atomic E-state index is 12.4. The van der Waals surface area contributed by atoms with E-state index in [0.29, 0.717) is 23.2 Å². The lowest BCUT2D eigenvalue weighted by molar-refractivity contribution is -0.113. The van der Waals surface area contributed by atoms with Gasteiger partial charge in [0, 0.05) is 44.3 Å². The van der Waals surface area contributed by atoms with Crippen LogP contribution in [0.4, 0.5) is 5.69 Å². The minimum atomic E-state index is -3.51. The Bertz CT molecular complexity index is 1160. The van der Waals surface area contributed by atoms with Crippen molar-refractivity contribution in [2.75, 3.05) is 25.2 Å². The molecule has 3 aromatic rings. The number of carbonyl (C=O) groups is 1. The molecule has 1 amide bonds. The zero-order chi connectivity index (χ0) is 22.4. The number of thioether (sulfide) groups is 1. The molecule has 0 atom stereocenters. The molecule has 0 saturated heterocycles. The van der Waals surface area contributed by atoms with Gasteiger partial charge in [0.1, 0.15) is 0 Å². The Morgan fingerprint density at radius 1 is 1.16 bits per heavy atom. The number of pyridine rings is 1. The number of carbonyl (C=O) groups excluding carboxylic acids is 1. The second-order valence-electron chi connectivity index (χ2n) is 6.59. The first-order valence-corrected chi connectivity index (χ1v) is 11.6. The number of allylic oxidation sites excluding steroid dienone is 1. The third-order valence-electron chi connectivity index (χ3n) is 4.22. The molecule has 0 aliphatic rings. The minimum Gasteiger partial charge on any atom is -0.325 e. The van der Waals surface area contributed by atoms with E-state index in [2.05, 4.69) is 27.1 Å². The summed E-state index contributed by atoms with van der Waals surface area (Å²) in [4.78, 5) is 16.5. The van der Waals surface area contributed by atoms with E-state index in [-0.39, 0.29) is 16.6 Å². The SMILES string of the molecule is C=CCn1c(SCC(=O)Nc2ccc(S(=O)(=O)N(C)C)cc2)nnc1-c1ccncc1. The summed E-state index contributed by atoms with van der Waals surface area (Å²) in [5.41, 5.74) is 1.38. The standard InChI is InChI=1S/C20H22N6O3S2/c1-4-13-26-19(15-9-11-21-12-10-15)23-24-20(26)30-14-18(27)22-16-5-7-17(8-6-16)31(28,29)25(2)3/h4-12H,1,13-14H2,2-3H3,(H,22,27). The van der Waals surface area contributed by atoms with E-state index in [4.69, 9.17) is 0 Å². The van der Waals surface area contributed by atoms with Crippen LogP contribution in [0.15, 0.2) is 71.5 Å². The fraction of sp³-hybridized carbons (Fsp3) is 0.200. The number of amides is 1. The summed E-state index contributed by atoms with van der Waals surface area (Å²) in [6.45, 7) is 4.27. The van der Waals surface area contributed by atoms with Crippen LogP contribution in [0.3, 0.4) is 0 Å². The first-order valence-electron chi connectivity index (χ1n) is 9.22. The third kappa shape index (κ3) is 5.37. The summed E-state index contributed by atoms with van der Waals surface area (Å²) in [6.07, 6.45) is 5.09. The fourth-order valence-electron chi connectivity index (χ4n) is 2.65. The molecular formula is C20H22N6O3S2. The average Bonchev–Trinajstić information content (AvgIpc) is 3.16. The van der Waals surface area contributed by atoms with Crippen LogP contribution < -0.4 is 5.32 Å².